The molecule has 6 atom stereocenters. The van der Waals surface area contributed by atoms with Gasteiger partial charge in [-0.2, -0.15) is 4.31 Å². The molecule has 4 N–H and O–H groups in total. The predicted molar refractivity (Wildman–Crippen MR) is 194 cm³/mol. The molecule has 5 aliphatic carbocycles. The van der Waals surface area contributed by atoms with Crippen molar-refractivity contribution >= 4 is 39.6 Å². The monoisotopic (exact) mass is 744 g/mol. The minimum atomic E-state index is -3.59. The Bertz CT molecular complexity index is 1570. The van der Waals surface area contributed by atoms with E-state index < -0.39 is 68.0 Å². The molecule has 0 radical (unpaired) electrons. The summed E-state index contributed by atoms with van der Waals surface area (Å²) in [7, 11) is -3.59. The molecule has 0 aromatic heterocycles. The highest BCUT2D eigenvalue weighted by Crippen LogP contribution is 2.65. The van der Waals surface area contributed by atoms with Gasteiger partial charge in [0, 0.05) is 25.2 Å². The van der Waals surface area contributed by atoms with Crippen LogP contribution in [0.2, 0.25) is 0 Å². The zero-order valence-electron chi connectivity index (χ0n) is 31.7. The van der Waals surface area contributed by atoms with Crippen molar-refractivity contribution in [1.29, 1.82) is 0 Å². The molecule has 14 heteroatoms. The van der Waals surface area contributed by atoms with Crippen molar-refractivity contribution < 1.29 is 32.4 Å². The summed E-state index contributed by atoms with van der Waals surface area (Å²) in [6.45, 7) is 10.6. The van der Waals surface area contributed by atoms with Gasteiger partial charge in [-0.3, -0.25) is 19.2 Å². The molecular weight excluding hydrogens is 685 g/mol. The summed E-state index contributed by atoms with van der Waals surface area (Å²) in [5, 5.41) is 11.1. The summed E-state index contributed by atoms with van der Waals surface area (Å²) in [6.07, 6.45) is 10.9. The van der Waals surface area contributed by atoms with Crippen LogP contribution < -0.4 is 21.3 Å². The quantitative estimate of drug-likeness (QED) is 0.210. The maximum Gasteiger partial charge on any atom is 0.315 e. The summed E-state index contributed by atoms with van der Waals surface area (Å²) in [5.74, 6) is -1.69. The molecule has 52 heavy (non-hydrogen) atoms. The molecule has 0 spiro atoms. The van der Waals surface area contributed by atoms with E-state index >= 15 is 0 Å². The molecule has 0 aromatic carbocycles. The second-order valence-electron chi connectivity index (χ2n) is 18.9. The number of likely N-dealkylation sites (tertiary alicyclic amines) is 1. The van der Waals surface area contributed by atoms with Crippen LogP contribution in [0.3, 0.4) is 0 Å². The number of hydrogen-bond donors (Lipinski definition) is 4. The van der Waals surface area contributed by atoms with E-state index in [1.165, 1.54) is 0 Å². The molecule has 0 bridgehead atoms. The van der Waals surface area contributed by atoms with Gasteiger partial charge in [-0.05, 0) is 86.4 Å². The third kappa shape index (κ3) is 7.36. The molecule has 7 fully saturated rings. The molecule has 0 unspecified atom stereocenters. The number of hydrogen-bond acceptors (Lipinski definition) is 7. The first-order valence-electron chi connectivity index (χ1n) is 20.0. The largest absolute Gasteiger partial charge is 0.347 e. The summed E-state index contributed by atoms with van der Waals surface area (Å²) >= 11 is 0. The van der Waals surface area contributed by atoms with E-state index in [9.17, 15) is 32.4 Å². The molecule has 2 aliphatic heterocycles. The Morgan fingerprint density at radius 2 is 1.56 bits per heavy atom. The lowest BCUT2D eigenvalue weighted by Crippen LogP contribution is -2.65. The van der Waals surface area contributed by atoms with Crippen molar-refractivity contribution in [2.75, 3.05) is 13.1 Å². The van der Waals surface area contributed by atoms with Crippen LogP contribution in [0, 0.1) is 28.6 Å². The van der Waals surface area contributed by atoms with E-state index in [1.807, 2.05) is 20.8 Å². The Morgan fingerprint density at radius 1 is 0.885 bits per heavy atom. The SMILES string of the molecule is CC(C)(C)[C@H](NC(=O)NC1([C@@H]2CCN(C3CC3)S2(=O)=O)CCCCC1)C(=O)N1C[C@H]2[C@@H]([C@H]1C(=O)N[C@@H](CCC1CC1)C(=O)C(=O)NC1CC1)C2(C)C. The average Bonchev–Trinajstić information content (AvgIpc) is 3.91. The van der Waals surface area contributed by atoms with Crippen molar-refractivity contribution in [2.45, 2.75) is 166 Å². The van der Waals surface area contributed by atoms with Gasteiger partial charge in [-0.25, -0.2) is 13.2 Å². The molecule has 5 amide bonds. The Hall–Kier alpha value is -2.74. The fraction of sp³-hybridized carbons (Fsp3) is 0.868. The Labute approximate surface area is 308 Å². The minimum absolute atomic E-state index is 0.0132. The number of amides is 5. The highest BCUT2D eigenvalue weighted by molar-refractivity contribution is 7.90. The van der Waals surface area contributed by atoms with Crippen molar-refractivity contribution in [1.82, 2.24) is 30.5 Å². The molecule has 7 rings (SSSR count). The molecule has 0 aromatic rings. The lowest BCUT2D eigenvalue weighted by molar-refractivity contribution is -0.145. The van der Waals surface area contributed by atoms with E-state index in [2.05, 4.69) is 35.1 Å². The third-order valence-corrected chi connectivity index (χ3v) is 16.0. The maximum atomic E-state index is 14.6. The minimum Gasteiger partial charge on any atom is -0.347 e. The molecule has 13 nitrogen and oxygen atoms in total. The molecule has 2 saturated heterocycles. The second kappa shape index (κ2) is 13.5. The fourth-order valence-corrected chi connectivity index (χ4v) is 12.3. The van der Waals surface area contributed by atoms with Crippen molar-refractivity contribution in [2.24, 2.45) is 28.6 Å². The number of piperidine rings is 1. The Kier molecular flexibility index (Phi) is 9.77. The topological polar surface area (TPSA) is 174 Å². The maximum absolute atomic E-state index is 14.6. The normalized spacial score (nSPS) is 31.5. The number of carbonyl (C=O) groups excluding carboxylic acids is 5. The summed E-state index contributed by atoms with van der Waals surface area (Å²) in [5.41, 5.74) is -1.86. The van der Waals surface area contributed by atoms with Crippen LogP contribution in [-0.4, -0.2) is 101 Å². The van der Waals surface area contributed by atoms with Gasteiger partial charge in [-0.1, -0.05) is 66.7 Å². The number of nitrogens with zero attached hydrogens (tertiary/aromatic N) is 2. The Balaban J connectivity index is 1.08. The first-order valence-corrected chi connectivity index (χ1v) is 21.5. The lowest BCUT2D eigenvalue weighted by atomic mass is 9.78. The van der Waals surface area contributed by atoms with Crippen LogP contribution in [0.25, 0.3) is 0 Å². The molecule has 7 aliphatic rings. The van der Waals surface area contributed by atoms with Crippen LogP contribution in [0.5, 0.6) is 0 Å². The van der Waals surface area contributed by atoms with Crippen molar-refractivity contribution in [3.8, 4) is 0 Å². The van der Waals surface area contributed by atoms with E-state index in [4.69, 9.17) is 0 Å². The van der Waals surface area contributed by atoms with Crippen LogP contribution in [0.1, 0.15) is 125 Å². The number of nitrogens with one attached hydrogen (secondary N) is 4. The molecule has 5 saturated carbocycles. The van der Waals surface area contributed by atoms with Crippen LogP contribution in [0.15, 0.2) is 0 Å². The number of sulfonamides is 1. The number of rotatable bonds is 13. The first kappa shape index (κ1) is 37.6. The summed E-state index contributed by atoms with van der Waals surface area (Å²) in [4.78, 5) is 70.7. The van der Waals surface area contributed by atoms with Gasteiger partial charge in [0.25, 0.3) is 5.91 Å². The van der Waals surface area contributed by atoms with E-state index in [-0.39, 0.29) is 35.2 Å². The number of fused-ring (bicyclic) bond motifs is 1. The second-order valence-corrected chi connectivity index (χ2v) is 20.9. The van der Waals surface area contributed by atoms with Crippen LogP contribution in [-0.2, 0) is 29.2 Å². The highest BCUT2D eigenvalue weighted by atomic mass is 32.2. The van der Waals surface area contributed by atoms with Crippen molar-refractivity contribution in [3.63, 3.8) is 0 Å². The van der Waals surface area contributed by atoms with E-state index in [0.717, 1.165) is 64.2 Å². The zero-order chi connectivity index (χ0) is 37.4. The van der Waals surface area contributed by atoms with Gasteiger partial charge in [0.1, 0.15) is 12.1 Å². The number of Topliss-reactive ketones (excluding diaryl/α,β-unsaturated/α-hetero) is 1. The third-order valence-electron chi connectivity index (χ3n) is 13.5. The van der Waals surface area contributed by atoms with Gasteiger partial charge in [-0.15, -0.1) is 0 Å². The highest BCUT2D eigenvalue weighted by Gasteiger charge is 2.70. The standard InChI is InChI=1S/C38H60N6O7S/c1-36(2,3)31(41-35(49)42-38(18-7-6-8-19-38)27-17-20-44(24-14-15-24)52(27,50)51)34(48)43-21-25-28(37(25,4)5)29(43)32(46)40-26(16-11-22-9-10-22)30(45)33(47)39-23-12-13-23/h22-29,31H,6-21H2,1-5H3,(H,39,47)(H,40,46)(H2,41,42,49)/t25-,26-,27-,28-,29-,31+/m0/s1. The molecular formula is C38H60N6O7S. The van der Waals surface area contributed by atoms with E-state index in [1.54, 1.807) is 9.21 Å². The molecule has 290 valence electrons. The van der Waals surface area contributed by atoms with Gasteiger partial charge in [0.2, 0.25) is 27.6 Å². The van der Waals surface area contributed by atoms with Gasteiger partial charge in [0.15, 0.2) is 0 Å². The molecule has 2 heterocycles. The first-order chi connectivity index (χ1) is 24.4. The summed E-state index contributed by atoms with van der Waals surface area (Å²) in [6, 6.07) is -3.33. The summed E-state index contributed by atoms with van der Waals surface area (Å²) < 4.78 is 29.3. The van der Waals surface area contributed by atoms with Gasteiger partial charge < -0.3 is 26.2 Å². The Morgan fingerprint density at radius 3 is 2.15 bits per heavy atom. The smallest absolute Gasteiger partial charge is 0.315 e. The number of ketones is 1. The lowest BCUT2D eigenvalue weighted by Gasteiger charge is -2.43. The van der Waals surface area contributed by atoms with Gasteiger partial charge in [0.05, 0.1) is 16.8 Å². The van der Waals surface area contributed by atoms with E-state index in [0.29, 0.717) is 44.7 Å². The zero-order valence-corrected chi connectivity index (χ0v) is 32.5. The predicted octanol–water partition coefficient (Wildman–Crippen LogP) is 2.98. The average molecular weight is 745 g/mol. The van der Waals surface area contributed by atoms with Crippen LogP contribution >= 0.6 is 0 Å². The number of urea groups is 1. The fourth-order valence-electron chi connectivity index (χ4n) is 9.71. The van der Waals surface area contributed by atoms with Crippen LogP contribution in [0.4, 0.5) is 4.79 Å². The number of carbonyl (C=O) groups is 5. The van der Waals surface area contributed by atoms with Gasteiger partial charge >= 0.3 is 6.03 Å². The van der Waals surface area contributed by atoms with Crippen molar-refractivity contribution in [3.05, 3.63) is 0 Å².